The summed E-state index contributed by atoms with van der Waals surface area (Å²) in [6.45, 7) is 6.08. The predicted octanol–water partition coefficient (Wildman–Crippen LogP) is 4.53. The molecule has 0 amide bonds. The van der Waals surface area contributed by atoms with Crippen molar-refractivity contribution in [2.24, 2.45) is 0 Å². The molecule has 1 fully saturated rings. The predicted molar refractivity (Wildman–Crippen MR) is 142 cm³/mol. The second-order valence-electron chi connectivity index (χ2n) is 9.35. The van der Waals surface area contributed by atoms with Crippen LogP contribution in [0.5, 0.6) is 0 Å². The number of aromatic amines is 1. The van der Waals surface area contributed by atoms with Gasteiger partial charge in [-0.05, 0) is 36.2 Å². The lowest BCUT2D eigenvalue weighted by atomic mass is 9.96. The van der Waals surface area contributed by atoms with E-state index in [1.54, 1.807) is 18.2 Å². The Kier molecular flexibility index (Phi) is 6.98. The van der Waals surface area contributed by atoms with Gasteiger partial charge in [-0.3, -0.25) is 14.6 Å². The molecule has 4 aromatic rings. The van der Waals surface area contributed by atoms with Gasteiger partial charge in [-0.25, -0.2) is 4.79 Å². The smallest absolute Gasteiger partial charge is 0.337 e. The van der Waals surface area contributed by atoms with Crippen molar-refractivity contribution in [2.75, 3.05) is 33.3 Å². The highest BCUT2D eigenvalue weighted by Crippen LogP contribution is 2.29. The van der Waals surface area contributed by atoms with Crippen molar-refractivity contribution in [3.63, 3.8) is 0 Å². The number of ether oxygens (including phenoxy) is 1. The maximum Gasteiger partial charge on any atom is 0.337 e. The number of nitrogens with zero attached hydrogens (tertiary/aromatic N) is 2. The molecule has 0 atom stereocenters. The molecule has 0 bridgehead atoms. The van der Waals surface area contributed by atoms with Crippen molar-refractivity contribution in [2.45, 2.75) is 19.5 Å². The number of rotatable bonds is 6. The van der Waals surface area contributed by atoms with Crippen LogP contribution in [0.2, 0.25) is 0 Å². The minimum Gasteiger partial charge on any atom is -0.465 e. The van der Waals surface area contributed by atoms with Crippen molar-refractivity contribution >= 4 is 16.9 Å². The number of H-pyrrole nitrogens is 1. The minimum absolute atomic E-state index is 0.0270. The van der Waals surface area contributed by atoms with Gasteiger partial charge in [-0.2, -0.15) is 0 Å². The number of methoxy groups -OCH3 is 1. The lowest BCUT2D eigenvalue weighted by Crippen LogP contribution is -2.47. The van der Waals surface area contributed by atoms with Gasteiger partial charge in [0.1, 0.15) is 0 Å². The summed E-state index contributed by atoms with van der Waals surface area (Å²) in [5.41, 5.74) is 5.29. The monoisotopic (exact) mass is 481 g/mol. The van der Waals surface area contributed by atoms with E-state index in [9.17, 15) is 9.59 Å². The first-order valence-electron chi connectivity index (χ1n) is 12.4. The number of carbonyl (C=O) groups is 1. The fourth-order valence-corrected chi connectivity index (χ4v) is 5.17. The molecular weight excluding hydrogens is 450 g/mol. The van der Waals surface area contributed by atoms with Crippen molar-refractivity contribution in [1.82, 2.24) is 14.8 Å². The molecule has 1 aliphatic rings. The summed E-state index contributed by atoms with van der Waals surface area (Å²) >= 11 is 0. The van der Waals surface area contributed by atoms with Crippen LogP contribution in [0.1, 0.15) is 38.8 Å². The Morgan fingerprint density at radius 3 is 2.11 bits per heavy atom. The molecule has 36 heavy (non-hydrogen) atoms. The number of nitrogens with one attached hydrogen (secondary N) is 1. The van der Waals surface area contributed by atoms with Gasteiger partial charge in [0.15, 0.2) is 5.43 Å². The molecule has 0 saturated carbocycles. The molecule has 1 saturated heterocycles. The number of hydrogen-bond acceptors (Lipinski definition) is 5. The van der Waals surface area contributed by atoms with Crippen molar-refractivity contribution in [3.05, 3.63) is 117 Å². The SMILES string of the molecule is COC(=O)c1ccc2[nH]c(C)c(CN3CCN(C(c4ccccc4)c4ccccc4)CC3)c(=O)c2c1. The normalized spacial score (nSPS) is 14.9. The van der Waals surface area contributed by atoms with E-state index in [0.717, 1.165) is 43.0 Å². The zero-order valence-electron chi connectivity index (χ0n) is 20.7. The van der Waals surface area contributed by atoms with E-state index in [-0.39, 0.29) is 11.5 Å². The third-order valence-electron chi connectivity index (χ3n) is 7.12. The number of benzene rings is 3. The third kappa shape index (κ3) is 4.83. The number of fused-ring (bicyclic) bond motifs is 1. The van der Waals surface area contributed by atoms with Crippen LogP contribution in [-0.4, -0.2) is 54.0 Å². The second kappa shape index (κ2) is 10.5. The Bertz CT molecular complexity index is 1370. The molecule has 1 aliphatic heterocycles. The average molecular weight is 482 g/mol. The number of pyridine rings is 1. The Morgan fingerprint density at radius 2 is 1.53 bits per heavy atom. The van der Waals surface area contributed by atoms with Gasteiger partial charge >= 0.3 is 5.97 Å². The van der Waals surface area contributed by atoms with Gasteiger partial charge in [0, 0.05) is 54.9 Å². The molecular formula is C30H31N3O3. The fourth-order valence-electron chi connectivity index (χ4n) is 5.17. The third-order valence-corrected chi connectivity index (χ3v) is 7.12. The maximum atomic E-state index is 13.4. The number of aryl methyl sites for hydroxylation is 1. The summed E-state index contributed by atoms with van der Waals surface area (Å²) in [5, 5.41) is 0.519. The van der Waals surface area contributed by atoms with Crippen LogP contribution >= 0.6 is 0 Å². The summed E-state index contributed by atoms with van der Waals surface area (Å²) in [5.74, 6) is -0.444. The van der Waals surface area contributed by atoms with Crippen LogP contribution in [0.4, 0.5) is 0 Å². The number of carbonyl (C=O) groups excluding carboxylic acids is 1. The van der Waals surface area contributed by atoms with E-state index in [1.807, 2.05) is 6.92 Å². The zero-order chi connectivity index (χ0) is 25.1. The Hall–Kier alpha value is -3.74. The van der Waals surface area contributed by atoms with Gasteiger partial charge in [0.2, 0.25) is 0 Å². The standard InChI is InChI=1S/C30H31N3O3/c1-21-26(29(34)25-19-24(30(35)36-2)13-14-27(25)31-21)20-32-15-17-33(18-16-32)28(22-9-5-3-6-10-22)23-11-7-4-8-12-23/h3-14,19,28H,15-18,20H2,1-2H3,(H,31,34). The lowest BCUT2D eigenvalue weighted by molar-refractivity contribution is 0.0601. The molecule has 6 nitrogen and oxygen atoms in total. The first kappa shape index (κ1) is 24.0. The van der Waals surface area contributed by atoms with Crippen LogP contribution in [0.3, 0.4) is 0 Å². The first-order valence-corrected chi connectivity index (χ1v) is 12.4. The minimum atomic E-state index is -0.444. The Balaban J connectivity index is 1.36. The Morgan fingerprint density at radius 1 is 0.917 bits per heavy atom. The molecule has 0 unspecified atom stereocenters. The molecule has 1 N–H and O–H groups in total. The quantitative estimate of drug-likeness (QED) is 0.410. The van der Waals surface area contributed by atoms with Crippen molar-refractivity contribution in [3.8, 4) is 0 Å². The van der Waals surface area contributed by atoms with Crippen LogP contribution in [-0.2, 0) is 11.3 Å². The lowest BCUT2D eigenvalue weighted by Gasteiger charge is -2.40. The van der Waals surface area contributed by atoms with E-state index < -0.39 is 5.97 Å². The highest BCUT2D eigenvalue weighted by atomic mass is 16.5. The molecule has 5 rings (SSSR count). The van der Waals surface area contributed by atoms with E-state index >= 15 is 0 Å². The van der Waals surface area contributed by atoms with Crippen LogP contribution < -0.4 is 5.43 Å². The second-order valence-corrected chi connectivity index (χ2v) is 9.35. The van der Waals surface area contributed by atoms with Crippen molar-refractivity contribution in [1.29, 1.82) is 0 Å². The molecule has 0 aliphatic carbocycles. The summed E-state index contributed by atoms with van der Waals surface area (Å²) in [6.07, 6.45) is 0. The summed E-state index contributed by atoms with van der Waals surface area (Å²) in [4.78, 5) is 33.6. The highest BCUT2D eigenvalue weighted by molar-refractivity contribution is 5.94. The summed E-state index contributed by atoms with van der Waals surface area (Å²) < 4.78 is 4.83. The van der Waals surface area contributed by atoms with E-state index in [2.05, 4.69) is 75.4 Å². The molecule has 6 heteroatoms. The van der Waals surface area contributed by atoms with Crippen LogP contribution in [0.15, 0.2) is 83.7 Å². The topological polar surface area (TPSA) is 65.6 Å². The summed E-state index contributed by atoms with van der Waals surface area (Å²) in [6, 6.07) is 26.6. The number of piperazine rings is 1. The van der Waals surface area contributed by atoms with E-state index in [1.165, 1.54) is 18.2 Å². The fraction of sp³-hybridized carbons (Fsp3) is 0.267. The van der Waals surface area contributed by atoms with Gasteiger partial charge in [-0.15, -0.1) is 0 Å². The molecule has 184 valence electrons. The number of hydrogen-bond donors (Lipinski definition) is 1. The largest absolute Gasteiger partial charge is 0.465 e. The number of esters is 1. The summed E-state index contributed by atoms with van der Waals surface area (Å²) in [7, 11) is 1.34. The molecule has 3 aromatic carbocycles. The number of aromatic nitrogens is 1. The van der Waals surface area contributed by atoms with Gasteiger partial charge in [0.25, 0.3) is 0 Å². The highest BCUT2D eigenvalue weighted by Gasteiger charge is 2.27. The Labute approximate surface area is 211 Å². The molecule has 1 aromatic heterocycles. The maximum absolute atomic E-state index is 13.4. The average Bonchev–Trinajstić information content (AvgIpc) is 2.92. The zero-order valence-corrected chi connectivity index (χ0v) is 20.7. The van der Waals surface area contributed by atoms with Gasteiger partial charge < -0.3 is 9.72 Å². The van der Waals surface area contributed by atoms with Gasteiger partial charge in [-0.1, -0.05) is 60.7 Å². The molecule has 2 heterocycles. The first-order chi connectivity index (χ1) is 17.5. The van der Waals surface area contributed by atoms with Crippen molar-refractivity contribution < 1.29 is 9.53 Å². The van der Waals surface area contributed by atoms with Crippen LogP contribution in [0, 0.1) is 6.92 Å². The van der Waals surface area contributed by atoms with E-state index in [0.29, 0.717) is 17.5 Å². The van der Waals surface area contributed by atoms with E-state index in [4.69, 9.17) is 4.74 Å². The molecule has 0 radical (unpaired) electrons. The van der Waals surface area contributed by atoms with Gasteiger partial charge in [0.05, 0.1) is 18.7 Å². The van der Waals surface area contributed by atoms with Crippen LogP contribution in [0.25, 0.3) is 10.9 Å². The molecule has 0 spiro atoms.